The second-order valence-corrected chi connectivity index (χ2v) is 5.22. The molecule has 0 aliphatic carbocycles. The van der Waals surface area contributed by atoms with Gasteiger partial charge in [0.05, 0.1) is 11.3 Å². The predicted octanol–water partition coefficient (Wildman–Crippen LogP) is 2.41. The van der Waals surface area contributed by atoms with Gasteiger partial charge in [0.1, 0.15) is 0 Å². The molecule has 1 amide bonds. The summed E-state index contributed by atoms with van der Waals surface area (Å²) in [6, 6.07) is 9.41. The van der Waals surface area contributed by atoms with Crippen molar-refractivity contribution in [3.63, 3.8) is 0 Å². The number of hydrogen-bond acceptors (Lipinski definition) is 5. The molecule has 2 N–H and O–H groups in total. The van der Waals surface area contributed by atoms with E-state index in [0.717, 1.165) is 16.8 Å². The van der Waals surface area contributed by atoms with Gasteiger partial charge in [-0.25, -0.2) is 0 Å². The maximum absolute atomic E-state index is 12.2. The number of carbonyl (C=O) groups excluding carboxylic acids is 1. The summed E-state index contributed by atoms with van der Waals surface area (Å²) in [6.45, 7) is 1.08. The normalized spacial score (nSPS) is 10.2. The van der Waals surface area contributed by atoms with Gasteiger partial charge in [-0.2, -0.15) is 0 Å². The standard InChI is InChI=1S/C18H17N5O/c24-18(23-11-15-2-1-5-20-9-15)16-8-17(13-21-12-16)22-10-14-3-6-19-7-4-14/h1-9,12-13,22H,10-11H2,(H,23,24). The molecule has 0 aliphatic rings. The highest BCUT2D eigenvalue weighted by Gasteiger charge is 2.07. The molecule has 0 aromatic carbocycles. The number of carbonyl (C=O) groups is 1. The van der Waals surface area contributed by atoms with Crippen LogP contribution in [0, 0.1) is 0 Å². The minimum atomic E-state index is -0.168. The van der Waals surface area contributed by atoms with E-state index in [2.05, 4.69) is 25.6 Å². The lowest BCUT2D eigenvalue weighted by atomic mass is 10.2. The fraction of sp³-hybridized carbons (Fsp3) is 0.111. The van der Waals surface area contributed by atoms with Crippen LogP contribution in [0.2, 0.25) is 0 Å². The van der Waals surface area contributed by atoms with Crippen molar-refractivity contribution in [1.82, 2.24) is 20.3 Å². The lowest BCUT2D eigenvalue weighted by molar-refractivity contribution is 0.0950. The van der Waals surface area contributed by atoms with Crippen molar-refractivity contribution in [3.8, 4) is 0 Å². The zero-order valence-electron chi connectivity index (χ0n) is 13.0. The maximum Gasteiger partial charge on any atom is 0.253 e. The van der Waals surface area contributed by atoms with E-state index in [4.69, 9.17) is 0 Å². The third-order valence-electron chi connectivity index (χ3n) is 3.42. The van der Waals surface area contributed by atoms with Crippen LogP contribution in [0.4, 0.5) is 5.69 Å². The first kappa shape index (κ1) is 15.6. The van der Waals surface area contributed by atoms with Gasteiger partial charge in [0.15, 0.2) is 0 Å². The monoisotopic (exact) mass is 319 g/mol. The van der Waals surface area contributed by atoms with Crippen LogP contribution in [-0.4, -0.2) is 20.9 Å². The topological polar surface area (TPSA) is 79.8 Å². The van der Waals surface area contributed by atoms with Crippen molar-refractivity contribution in [2.75, 3.05) is 5.32 Å². The average Bonchev–Trinajstić information content (AvgIpc) is 2.66. The summed E-state index contributed by atoms with van der Waals surface area (Å²) >= 11 is 0. The van der Waals surface area contributed by atoms with Gasteiger partial charge in [-0.1, -0.05) is 6.07 Å². The molecule has 0 atom stereocenters. The van der Waals surface area contributed by atoms with Crippen LogP contribution in [0.15, 0.2) is 67.5 Å². The molecule has 0 aliphatic heterocycles. The quantitative estimate of drug-likeness (QED) is 0.729. The molecule has 24 heavy (non-hydrogen) atoms. The van der Waals surface area contributed by atoms with Gasteiger partial charge in [0.25, 0.3) is 5.91 Å². The molecule has 0 bridgehead atoms. The first-order valence-corrected chi connectivity index (χ1v) is 7.56. The Labute approximate surface area is 140 Å². The highest BCUT2D eigenvalue weighted by molar-refractivity contribution is 5.94. The molecule has 0 fully saturated rings. The minimum Gasteiger partial charge on any atom is -0.380 e. The fourth-order valence-corrected chi connectivity index (χ4v) is 2.15. The van der Waals surface area contributed by atoms with E-state index in [9.17, 15) is 4.79 Å². The number of anilines is 1. The van der Waals surface area contributed by atoms with Crippen LogP contribution in [0.1, 0.15) is 21.5 Å². The van der Waals surface area contributed by atoms with E-state index in [-0.39, 0.29) is 5.91 Å². The van der Waals surface area contributed by atoms with Crippen LogP contribution in [0.5, 0.6) is 0 Å². The molecular weight excluding hydrogens is 302 g/mol. The summed E-state index contributed by atoms with van der Waals surface area (Å²) in [6.07, 6.45) is 10.2. The molecule has 3 heterocycles. The minimum absolute atomic E-state index is 0.168. The van der Waals surface area contributed by atoms with E-state index in [1.54, 1.807) is 43.2 Å². The summed E-state index contributed by atoms with van der Waals surface area (Å²) in [5.74, 6) is -0.168. The van der Waals surface area contributed by atoms with Gasteiger partial charge in [-0.05, 0) is 35.4 Å². The Morgan fingerprint density at radius 3 is 2.54 bits per heavy atom. The lowest BCUT2D eigenvalue weighted by Gasteiger charge is -2.08. The van der Waals surface area contributed by atoms with E-state index in [1.165, 1.54) is 0 Å². The molecular formula is C18H17N5O. The van der Waals surface area contributed by atoms with Crippen molar-refractivity contribution in [2.45, 2.75) is 13.1 Å². The van der Waals surface area contributed by atoms with Gasteiger partial charge in [-0.15, -0.1) is 0 Å². The van der Waals surface area contributed by atoms with Crippen molar-refractivity contribution < 1.29 is 4.79 Å². The van der Waals surface area contributed by atoms with Gasteiger partial charge in [0.2, 0.25) is 0 Å². The van der Waals surface area contributed by atoms with Gasteiger partial charge < -0.3 is 10.6 Å². The lowest BCUT2D eigenvalue weighted by Crippen LogP contribution is -2.23. The predicted molar refractivity (Wildman–Crippen MR) is 91.2 cm³/mol. The molecule has 0 saturated carbocycles. The Kier molecular flexibility index (Phi) is 5.09. The maximum atomic E-state index is 12.2. The van der Waals surface area contributed by atoms with Crippen molar-refractivity contribution >= 4 is 11.6 Å². The molecule has 3 aromatic rings. The Bertz CT molecular complexity index is 793. The fourth-order valence-electron chi connectivity index (χ4n) is 2.15. The molecule has 0 spiro atoms. The number of hydrogen-bond donors (Lipinski definition) is 2. The van der Waals surface area contributed by atoms with Gasteiger partial charge in [-0.3, -0.25) is 19.7 Å². The third kappa shape index (κ3) is 4.36. The SMILES string of the molecule is O=C(NCc1cccnc1)c1cncc(NCc2ccncc2)c1. The molecule has 3 aromatic heterocycles. The van der Waals surface area contributed by atoms with Crippen LogP contribution in [-0.2, 0) is 13.1 Å². The Morgan fingerprint density at radius 2 is 1.75 bits per heavy atom. The third-order valence-corrected chi connectivity index (χ3v) is 3.42. The van der Waals surface area contributed by atoms with Crippen LogP contribution >= 0.6 is 0 Å². The van der Waals surface area contributed by atoms with Crippen LogP contribution in [0.25, 0.3) is 0 Å². The second kappa shape index (κ2) is 7.82. The molecule has 6 nitrogen and oxygen atoms in total. The summed E-state index contributed by atoms with van der Waals surface area (Å²) < 4.78 is 0. The van der Waals surface area contributed by atoms with E-state index < -0.39 is 0 Å². The second-order valence-electron chi connectivity index (χ2n) is 5.22. The molecule has 120 valence electrons. The van der Waals surface area contributed by atoms with Crippen molar-refractivity contribution in [2.24, 2.45) is 0 Å². The summed E-state index contributed by atoms with van der Waals surface area (Å²) in [7, 11) is 0. The first-order valence-electron chi connectivity index (χ1n) is 7.56. The van der Waals surface area contributed by atoms with Gasteiger partial charge in [0, 0.05) is 50.3 Å². The summed E-state index contributed by atoms with van der Waals surface area (Å²) in [5, 5.41) is 6.11. The number of nitrogens with one attached hydrogen (secondary N) is 2. The smallest absolute Gasteiger partial charge is 0.253 e. The van der Waals surface area contributed by atoms with Crippen LogP contribution < -0.4 is 10.6 Å². The molecule has 6 heteroatoms. The van der Waals surface area contributed by atoms with E-state index in [0.29, 0.717) is 18.7 Å². The van der Waals surface area contributed by atoms with E-state index >= 15 is 0 Å². The molecule has 3 rings (SSSR count). The summed E-state index contributed by atoms with van der Waals surface area (Å²) in [4.78, 5) is 24.4. The van der Waals surface area contributed by atoms with Crippen molar-refractivity contribution in [1.29, 1.82) is 0 Å². The molecule has 0 unspecified atom stereocenters. The zero-order valence-corrected chi connectivity index (χ0v) is 13.0. The number of rotatable bonds is 6. The number of nitrogens with zero attached hydrogens (tertiary/aromatic N) is 3. The highest BCUT2D eigenvalue weighted by Crippen LogP contribution is 2.10. The van der Waals surface area contributed by atoms with E-state index in [1.807, 2.05) is 24.3 Å². The number of aromatic nitrogens is 3. The number of pyridine rings is 3. The van der Waals surface area contributed by atoms with Crippen molar-refractivity contribution in [3.05, 3.63) is 84.2 Å². The molecule has 0 saturated heterocycles. The molecule has 0 radical (unpaired) electrons. The first-order chi connectivity index (χ1) is 11.8. The Balaban J connectivity index is 1.59. The average molecular weight is 319 g/mol. The van der Waals surface area contributed by atoms with Gasteiger partial charge >= 0.3 is 0 Å². The Hall–Kier alpha value is -3.28. The zero-order chi connectivity index (χ0) is 16.6. The highest BCUT2D eigenvalue weighted by atomic mass is 16.1. The van der Waals surface area contributed by atoms with Crippen LogP contribution in [0.3, 0.4) is 0 Å². The Morgan fingerprint density at radius 1 is 0.875 bits per heavy atom. The summed E-state index contributed by atoms with van der Waals surface area (Å²) in [5.41, 5.74) is 3.36. The largest absolute Gasteiger partial charge is 0.380 e. The number of amides is 1.